The summed E-state index contributed by atoms with van der Waals surface area (Å²) in [6.45, 7) is 0. The second-order valence-corrected chi connectivity index (χ2v) is 6.88. The third-order valence-corrected chi connectivity index (χ3v) is 5.65. The lowest BCUT2D eigenvalue weighted by Crippen LogP contribution is -2.13. The van der Waals surface area contributed by atoms with Gasteiger partial charge in [-0.3, -0.25) is 0 Å². The van der Waals surface area contributed by atoms with E-state index in [1.165, 1.54) is 19.3 Å². The average Bonchev–Trinajstić information content (AvgIpc) is 2.78. The zero-order chi connectivity index (χ0) is 12.3. The normalized spacial score (nSPS) is 39.2. The van der Waals surface area contributed by atoms with Gasteiger partial charge in [-0.25, -0.2) is 0 Å². The number of hydrogen-bond acceptors (Lipinski definition) is 2. The zero-order valence-corrected chi connectivity index (χ0v) is 11.7. The van der Waals surface area contributed by atoms with E-state index < -0.39 is 0 Å². The minimum Gasteiger partial charge on any atom is -0.381 e. The summed E-state index contributed by atoms with van der Waals surface area (Å²) in [6, 6.07) is 8.86. The van der Waals surface area contributed by atoms with E-state index in [1.807, 2.05) is 18.2 Å². The number of fused-ring (bicyclic) bond motifs is 5. The summed E-state index contributed by atoms with van der Waals surface area (Å²) < 4.78 is 0.973. The SMILES string of the molecule is N#Cc1cc(Br)ccc1NC1C2C3CCC(C3)C12. The molecule has 1 N–H and O–H groups in total. The molecule has 3 fully saturated rings. The van der Waals surface area contributed by atoms with E-state index in [0.29, 0.717) is 6.04 Å². The molecule has 4 rings (SSSR count). The van der Waals surface area contributed by atoms with Crippen LogP contribution >= 0.6 is 15.9 Å². The molecule has 3 saturated carbocycles. The van der Waals surface area contributed by atoms with Crippen molar-refractivity contribution in [1.29, 1.82) is 5.26 Å². The largest absolute Gasteiger partial charge is 0.381 e. The first kappa shape index (κ1) is 10.9. The Bertz CT molecular complexity index is 532. The summed E-state index contributed by atoms with van der Waals surface area (Å²) in [4.78, 5) is 0. The van der Waals surface area contributed by atoms with Crippen molar-refractivity contribution in [2.24, 2.45) is 23.7 Å². The maximum atomic E-state index is 9.18. The van der Waals surface area contributed by atoms with Crippen LogP contribution in [0.4, 0.5) is 5.69 Å². The smallest absolute Gasteiger partial charge is 0.101 e. The van der Waals surface area contributed by atoms with Crippen molar-refractivity contribution in [3.63, 3.8) is 0 Å². The quantitative estimate of drug-likeness (QED) is 0.902. The molecule has 92 valence electrons. The molecule has 0 spiro atoms. The van der Waals surface area contributed by atoms with E-state index in [1.54, 1.807) is 0 Å². The van der Waals surface area contributed by atoms with Crippen LogP contribution in [0.5, 0.6) is 0 Å². The highest BCUT2D eigenvalue weighted by Crippen LogP contribution is 2.66. The lowest BCUT2D eigenvalue weighted by molar-refractivity contribution is 0.456. The molecule has 0 saturated heterocycles. The Labute approximate surface area is 116 Å². The Kier molecular flexibility index (Phi) is 2.26. The first-order valence-corrected chi connectivity index (χ1v) is 7.53. The molecule has 0 radical (unpaired) electrons. The van der Waals surface area contributed by atoms with Gasteiger partial charge >= 0.3 is 0 Å². The van der Waals surface area contributed by atoms with Crippen molar-refractivity contribution < 1.29 is 0 Å². The second kappa shape index (κ2) is 3.74. The van der Waals surface area contributed by atoms with Gasteiger partial charge in [-0.05, 0) is 61.1 Å². The van der Waals surface area contributed by atoms with Crippen LogP contribution in [0.3, 0.4) is 0 Å². The molecule has 4 atom stereocenters. The Morgan fingerprint density at radius 2 is 1.94 bits per heavy atom. The van der Waals surface area contributed by atoms with Crippen LogP contribution in [0.25, 0.3) is 0 Å². The summed E-state index contributed by atoms with van der Waals surface area (Å²) >= 11 is 3.42. The number of halogens is 1. The van der Waals surface area contributed by atoms with Crippen LogP contribution in [0.2, 0.25) is 0 Å². The monoisotopic (exact) mass is 302 g/mol. The van der Waals surface area contributed by atoms with Gasteiger partial charge in [-0.2, -0.15) is 5.26 Å². The standard InChI is InChI=1S/C15H15BrN2/c16-11-3-4-12(10(6-11)7-17)18-15-13-8-1-2-9(5-8)14(13)15/h3-4,6,8-9,13-15,18H,1-2,5H2. The van der Waals surface area contributed by atoms with Gasteiger partial charge in [0.25, 0.3) is 0 Å². The minimum atomic E-state index is 0.643. The van der Waals surface area contributed by atoms with Gasteiger partial charge in [-0.1, -0.05) is 15.9 Å². The van der Waals surface area contributed by atoms with Crippen LogP contribution in [0, 0.1) is 35.0 Å². The minimum absolute atomic E-state index is 0.643. The molecular weight excluding hydrogens is 288 g/mol. The molecule has 3 aliphatic rings. The lowest BCUT2D eigenvalue weighted by atomic mass is 10.0. The third kappa shape index (κ3) is 1.45. The molecule has 1 aromatic carbocycles. The lowest BCUT2D eigenvalue weighted by Gasteiger charge is -2.13. The number of benzene rings is 1. The van der Waals surface area contributed by atoms with Crippen LogP contribution < -0.4 is 5.32 Å². The summed E-state index contributed by atoms with van der Waals surface area (Å²) in [7, 11) is 0. The van der Waals surface area contributed by atoms with Crippen LogP contribution in [-0.2, 0) is 0 Å². The molecular formula is C15H15BrN2. The average molecular weight is 303 g/mol. The Morgan fingerprint density at radius 1 is 1.22 bits per heavy atom. The summed E-state index contributed by atoms with van der Waals surface area (Å²) in [5.41, 5.74) is 1.76. The molecule has 0 heterocycles. The van der Waals surface area contributed by atoms with E-state index in [9.17, 15) is 5.26 Å². The molecule has 3 heteroatoms. The second-order valence-electron chi connectivity index (χ2n) is 5.96. The van der Waals surface area contributed by atoms with Crippen molar-refractivity contribution in [3.8, 4) is 6.07 Å². The van der Waals surface area contributed by atoms with E-state index in [0.717, 1.165) is 39.4 Å². The predicted molar refractivity (Wildman–Crippen MR) is 74.1 cm³/mol. The van der Waals surface area contributed by atoms with E-state index >= 15 is 0 Å². The number of nitriles is 1. The Morgan fingerprint density at radius 3 is 2.61 bits per heavy atom. The Hall–Kier alpha value is -1.01. The van der Waals surface area contributed by atoms with E-state index in [4.69, 9.17) is 0 Å². The van der Waals surface area contributed by atoms with Gasteiger partial charge in [0.2, 0.25) is 0 Å². The van der Waals surface area contributed by atoms with Crippen molar-refractivity contribution in [2.75, 3.05) is 5.32 Å². The van der Waals surface area contributed by atoms with Crippen molar-refractivity contribution in [1.82, 2.24) is 0 Å². The number of hydrogen-bond donors (Lipinski definition) is 1. The molecule has 18 heavy (non-hydrogen) atoms. The van der Waals surface area contributed by atoms with Gasteiger partial charge in [0, 0.05) is 10.5 Å². The van der Waals surface area contributed by atoms with Gasteiger partial charge in [0.05, 0.1) is 11.3 Å². The highest BCUT2D eigenvalue weighted by molar-refractivity contribution is 9.10. The summed E-state index contributed by atoms with van der Waals surface area (Å²) in [5, 5.41) is 12.8. The maximum absolute atomic E-state index is 9.18. The predicted octanol–water partition coefficient (Wildman–Crippen LogP) is 3.78. The van der Waals surface area contributed by atoms with Crippen LogP contribution in [-0.4, -0.2) is 6.04 Å². The fourth-order valence-electron chi connectivity index (χ4n) is 4.43. The van der Waals surface area contributed by atoms with Crippen molar-refractivity contribution in [2.45, 2.75) is 25.3 Å². The van der Waals surface area contributed by atoms with E-state index in [-0.39, 0.29) is 0 Å². The van der Waals surface area contributed by atoms with Crippen LogP contribution in [0.15, 0.2) is 22.7 Å². The zero-order valence-electron chi connectivity index (χ0n) is 10.1. The van der Waals surface area contributed by atoms with Crippen LogP contribution in [0.1, 0.15) is 24.8 Å². The first-order valence-electron chi connectivity index (χ1n) is 6.74. The van der Waals surface area contributed by atoms with Gasteiger partial charge in [-0.15, -0.1) is 0 Å². The molecule has 3 aliphatic carbocycles. The molecule has 0 aliphatic heterocycles. The molecule has 1 aromatic rings. The first-order chi connectivity index (χ1) is 8.78. The topological polar surface area (TPSA) is 35.8 Å². The number of nitrogens with one attached hydrogen (secondary N) is 1. The molecule has 2 bridgehead atoms. The van der Waals surface area contributed by atoms with Crippen molar-refractivity contribution in [3.05, 3.63) is 28.2 Å². The molecule has 2 nitrogen and oxygen atoms in total. The van der Waals surface area contributed by atoms with E-state index in [2.05, 4.69) is 27.3 Å². The third-order valence-electron chi connectivity index (χ3n) is 5.16. The summed E-state index contributed by atoms with van der Waals surface area (Å²) in [6.07, 6.45) is 4.35. The molecule has 0 amide bonds. The fraction of sp³-hybridized carbons (Fsp3) is 0.533. The molecule has 0 aromatic heterocycles. The maximum Gasteiger partial charge on any atom is 0.101 e. The van der Waals surface area contributed by atoms with Gasteiger partial charge in [0.15, 0.2) is 0 Å². The molecule has 4 unspecified atom stereocenters. The Balaban J connectivity index is 1.56. The number of rotatable bonds is 2. The highest BCUT2D eigenvalue weighted by atomic mass is 79.9. The number of nitrogens with zero attached hydrogens (tertiary/aromatic N) is 1. The fourth-order valence-corrected chi connectivity index (χ4v) is 4.79. The highest BCUT2D eigenvalue weighted by Gasteiger charge is 2.65. The van der Waals surface area contributed by atoms with Crippen molar-refractivity contribution >= 4 is 21.6 Å². The summed E-state index contributed by atoms with van der Waals surface area (Å²) in [5.74, 6) is 3.75. The van der Waals surface area contributed by atoms with Gasteiger partial charge < -0.3 is 5.32 Å². The number of anilines is 1. The van der Waals surface area contributed by atoms with Gasteiger partial charge in [0.1, 0.15) is 6.07 Å².